The molecule has 0 atom stereocenters. The highest BCUT2D eigenvalue weighted by Crippen LogP contribution is 2.33. The smallest absolute Gasteiger partial charge is 0.298 e. The first-order valence-corrected chi connectivity index (χ1v) is 4.48. The summed E-state index contributed by atoms with van der Waals surface area (Å²) in [7, 11) is 0. The Morgan fingerprint density at radius 3 is 2.85 bits per heavy atom. The number of pyridine rings is 1. The largest absolute Gasteiger partial charge is 0.303 e. The van der Waals surface area contributed by atoms with E-state index in [1.807, 2.05) is 0 Å². The molecule has 1 amide bonds. The van der Waals surface area contributed by atoms with Gasteiger partial charge in [0.05, 0.1) is 15.1 Å². The van der Waals surface area contributed by atoms with Crippen molar-refractivity contribution in [3.8, 4) is 0 Å². The maximum absolute atomic E-state index is 11.2. The zero-order valence-electron chi connectivity index (χ0n) is 6.10. The number of carbonyl (C=O) groups is 2. The second-order valence-electron chi connectivity index (χ2n) is 2.43. The van der Waals surface area contributed by atoms with Crippen molar-refractivity contribution < 1.29 is 9.59 Å². The number of fused-ring (bicyclic) bond motifs is 1. The molecule has 1 aromatic heterocycles. The van der Waals surface area contributed by atoms with E-state index in [1.165, 1.54) is 6.20 Å². The van der Waals surface area contributed by atoms with Gasteiger partial charge in [-0.15, -0.1) is 0 Å². The standard InChI is InChI=1S/C7H2BrClN2O2/c8-4-2(9)1-10-6-3(4)5(12)7(13)11-6/h1H,(H,10,11,12,13). The van der Waals surface area contributed by atoms with Crippen molar-refractivity contribution in [1.29, 1.82) is 0 Å². The number of ketones is 1. The van der Waals surface area contributed by atoms with E-state index in [4.69, 9.17) is 11.6 Å². The number of nitrogens with zero attached hydrogens (tertiary/aromatic N) is 1. The van der Waals surface area contributed by atoms with E-state index in [-0.39, 0.29) is 11.4 Å². The van der Waals surface area contributed by atoms with Crippen molar-refractivity contribution in [3.63, 3.8) is 0 Å². The molecule has 0 aliphatic carbocycles. The van der Waals surface area contributed by atoms with Gasteiger partial charge in [0.2, 0.25) is 0 Å². The number of amides is 1. The summed E-state index contributed by atoms with van der Waals surface area (Å²) in [5, 5.41) is 2.64. The minimum absolute atomic E-state index is 0.206. The van der Waals surface area contributed by atoms with Crippen molar-refractivity contribution >= 4 is 45.0 Å². The Morgan fingerprint density at radius 2 is 2.15 bits per heavy atom. The van der Waals surface area contributed by atoms with Crippen LogP contribution >= 0.6 is 27.5 Å². The molecule has 1 aliphatic heterocycles. The number of hydrogen-bond donors (Lipinski definition) is 1. The lowest BCUT2D eigenvalue weighted by atomic mass is 10.2. The van der Waals surface area contributed by atoms with Gasteiger partial charge in [0.1, 0.15) is 5.82 Å². The Kier molecular flexibility index (Phi) is 1.85. The second kappa shape index (κ2) is 2.78. The summed E-state index contributed by atoms with van der Waals surface area (Å²) in [6, 6.07) is 0. The van der Waals surface area contributed by atoms with E-state index in [1.54, 1.807) is 0 Å². The number of hydrogen-bond acceptors (Lipinski definition) is 3. The van der Waals surface area contributed by atoms with Crippen LogP contribution in [-0.2, 0) is 4.79 Å². The highest BCUT2D eigenvalue weighted by atomic mass is 79.9. The van der Waals surface area contributed by atoms with Crippen molar-refractivity contribution in [1.82, 2.24) is 4.98 Å². The SMILES string of the molecule is O=C1Nc2ncc(Cl)c(Br)c2C1=O. The van der Waals surface area contributed by atoms with Gasteiger partial charge in [0.25, 0.3) is 11.7 Å². The normalized spacial score (nSPS) is 14.3. The summed E-state index contributed by atoms with van der Waals surface area (Å²) < 4.78 is 0.405. The molecule has 0 saturated heterocycles. The number of nitrogens with one attached hydrogen (secondary N) is 1. The summed E-state index contributed by atoms with van der Waals surface area (Å²) in [5.41, 5.74) is 0.206. The van der Waals surface area contributed by atoms with E-state index in [9.17, 15) is 9.59 Å². The third-order valence-electron chi connectivity index (χ3n) is 1.64. The Bertz CT molecular complexity index is 433. The molecule has 2 heterocycles. The van der Waals surface area contributed by atoms with Crippen molar-refractivity contribution in [2.45, 2.75) is 0 Å². The number of anilines is 1. The summed E-state index contributed by atoms with van der Waals surface area (Å²) in [4.78, 5) is 26.0. The lowest BCUT2D eigenvalue weighted by Crippen LogP contribution is -2.12. The first kappa shape index (κ1) is 8.65. The topological polar surface area (TPSA) is 59.1 Å². The predicted molar refractivity (Wildman–Crippen MR) is 49.9 cm³/mol. The van der Waals surface area contributed by atoms with Gasteiger partial charge < -0.3 is 5.32 Å². The Morgan fingerprint density at radius 1 is 1.46 bits per heavy atom. The summed E-state index contributed by atoms with van der Waals surface area (Å²) in [5.74, 6) is -1.03. The Balaban J connectivity index is 2.73. The third kappa shape index (κ3) is 1.15. The zero-order chi connectivity index (χ0) is 9.59. The fourth-order valence-corrected chi connectivity index (χ4v) is 1.66. The molecule has 1 N–H and O–H groups in total. The number of aromatic nitrogens is 1. The average molecular weight is 261 g/mol. The Labute approximate surface area is 86.4 Å². The fraction of sp³-hybridized carbons (Fsp3) is 0. The zero-order valence-corrected chi connectivity index (χ0v) is 8.44. The molecule has 0 radical (unpaired) electrons. The van der Waals surface area contributed by atoms with Crippen LogP contribution in [0.5, 0.6) is 0 Å². The second-order valence-corrected chi connectivity index (χ2v) is 3.63. The van der Waals surface area contributed by atoms with Crippen molar-refractivity contribution in [2.75, 3.05) is 5.32 Å². The van der Waals surface area contributed by atoms with Gasteiger partial charge in [-0.3, -0.25) is 9.59 Å². The monoisotopic (exact) mass is 260 g/mol. The minimum Gasteiger partial charge on any atom is -0.303 e. The molecule has 6 heteroatoms. The van der Waals surface area contributed by atoms with Crippen LogP contribution in [0.3, 0.4) is 0 Å². The molecule has 0 saturated carbocycles. The first-order valence-electron chi connectivity index (χ1n) is 3.31. The van der Waals surface area contributed by atoms with Crippen LogP contribution in [0.1, 0.15) is 10.4 Å². The molecule has 0 fully saturated rings. The number of halogens is 2. The van der Waals surface area contributed by atoms with Crippen LogP contribution in [0, 0.1) is 0 Å². The molecule has 1 aromatic rings. The van der Waals surface area contributed by atoms with Crippen molar-refractivity contribution in [2.24, 2.45) is 0 Å². The average Bonchev–Trinajstić information content (AvgIpc) is 2.37. The number of Topliss-reactive ketones (excluding diaryl/α,β-unsaturated/α-hetero) is 1. The van der Waals surface area contributed by atoms with Gasteiger partial charge in [-0.25, -0.2) is 4.98 Å². The first-order chi connectivity index (χ1) is 6.11. The molecule has 0 spiro atoms. The third-order valence-corrected chi connectivity index (χ3v) is 2.98. The molecule has 4 nitrogen and oxygen atoms in total. The molecular formula is C7H2BrClN2O2. The molecule has 1 aliphatic rings. The molecule has 0 aromatic carbocycles. The predicted octanol–water partition coefficient (Wildman–Crippen LogP) is 1.63. The summed E-state index contributed by atoms with van der Waals surface area (Å²) in [6.07, 6.45) is 1.36. The van der Waals surface area contributed by atoms with Crippen LogP contribution in [0.4, 0.5) is 5.82 Å². The Hall–Kier alpha value is -0.940. The molecule has 13 heavy (non-hydrogen) atoms. The quantitative estimate of drug-likeness (QED) is 0.722. The molecular weight excluding hydrogens is 259 g/mol. The maximum Gasteiger partial charge on any atom is 0.298 e. The van der Waals surface area contributed by atoms with Crippen molar-refractivity contribution in [3.05, 3.63) is 21.3 Å². The van der Waals surface area contributed by atoms with Crippen LogP contribution in [-0.4, -0.2) is 16.7 Å². The lowest BCUT2D eigenvalue weighted by molar-refractivity contribution is -0.112. The van der Waals surface area contributed by atoms with E-state index in [2.05, 4.69) is 26.2 Å². The van der Waals surface area contributed by atoms with E-state index in [0.717, 1.165) is 0 Å². The molecule has 2 rings (SSSR count). The molecule has 0 unspecified atom stereocenters. The lowest BCUT2D eigenvalue weighted by Gasteiger charge is -1.99. The van der Waals surface area contributed by atoms with Gasteiger partial charge in [-0.05, 0) is 15.9 Å². The van der Waals surface area contributed by atoms with Gasteiger partial charge in [0, 0.05) is 6.20 Å². The van der Waals surface area contributed by atoms with E-state index < -0.39 is 11.7 Å². The highest BCUT2D eigenvalue weighted by molar-refractivity contribution is 9.10. The van der Waals surface area contributed by atoms with Gasteiger partial charge in [0.15, 0.2) is 0 Å². The minimum atomic E-state index is -0.675. The van der Waals surface area contributed by atoms with Crippen LogP contribution in [0.15, 0.2) is 10.7 Å². The summed E-state index contributed by atoms with van der Waals surface area (Å²) in [6.45, 7) is 0. The van der Waals surface area contributed by atoms with Crippen LogP contribution < -0.4 is 5.32 Å². The van der Waals surface area contributed by atoms with Gasteiger partial charge in [-0.2, -0.15) is 0 Å². The molecule has 0 bridgehead atoms. The van der Waals surface area contributed by atoms with Gasteiger partial charge in [-0.1, -0.05) is 11.6 Å². The summed E-state index contributed by atoms with van der Waals surface area (Å²) >= 11 is 8.82. The highest BCUT2D eigenvalue weighted by Gasteiger charge is 2.32. The van der Waals surface area contributed by atoms with E-state index >= 15 is 0 Å². The number of carbonyl (C=O) groups excluding carboxylic acids is 2. The number of rotatable bonds is 0. The fourth-order valence-electron chi connectivity index (χ4n) is 1.05. The molecule has 66 valence electrons. The van der Waals surface area contributed by atoms with Crippen LogP contribution in [0.25, 0.3) is 0 Å². The van der Waals surface area contributed by atoms with E-state index in [0.29, 0.717) is 9.50 Å². The maximum atomic E-state index is 11.2. The van der Waals surface area contributed by atoms with Gasteiger partial charge >= 0.3 is 0 Å². The van der Waals surface area contributed by atoms with Crippen LogP contribution in [0.2, 0.25) is 5.02 Å².